The predicted octanol–water partition coefficient (Wildman–Crippen LogP) is -0.945. The Morgan fingerprint density at radius 2 is 1.65 bits per heavy atom. The molecule has 0 saturated heterocycles. The Hall–Kier alpha value is -2.99. The molecule has 0 aliphatic rings. The van der Waals surface area contributed by atoms with Crippen LogP contribution in [0, 0.1) is 5.41 Å². The molecular formula is C19H30N6O5S. The van der Waals surface area contributed by atoms with Gasteiger partial charge in [0.05, 0.1) is 5.75 Å². The van der Waals surface area contributed by atoms with E-state index in [1.54, 1.807) is 31.2 Å². The van der Waals surface area contributed by atoms with Crippen molar-refractivity contribution >= 4 is 33.6 Å². The number of hydrogen-bond donors (Lipinski definition) is 6. The van der Waals surface area contributed by atoms with E-state index in [1.165, 1.54) is 6.92 Å². The number of nitrogen functional groups attached to an aromatic ring is 1. The highest BCUT2D eigenvalue weighted by Crippen LogP contribution is 2.05. The van der Waals surface area contributed by atoms with Gasteiger partial charge < -0.3 is 22.1 Å². The summed E-state index contributed by atoms with van der Waals surface area (Å²) in [5.74, 6) is -2.11. The molecule has 0 aliphatic heterocycles. The minimum absolute atomic E-state index is 0.0346. The van der Waals surface area contributed by atoms with Crippen molar-refractivity contribution in [3.63, 3.8) is 0 Å². The average Bonchev–Trinajstić information content (AvgIpc) is 2.73. The molecule has 0 saturated carbocycles. The van der Waals surface area contributed by atoms with Gasteiger partial charge in [0.1, 0.15) is 17.9 Å². The van der Waals surface area contributed by atoms with Crippen LogP contribution in [0.3, 0.4) is 0 Å². The number of carbonyl (C=O) groups is 3. The summed E-state index contributed by atoms with van der Waals surface area (Å²) in [5, 5.41) is 12.5. The van der Waals surface area contributed by atoms with E-state index in [1.807, 2.05) is 0 Å². The molecule has 0 radical (unpaired) electrons. The summed E-state index contributed by atoms with van der Waals surface area (Å²) >= 11 is 0. The van der Waals surface area contributed by atoms with Gasteiger partial charge in [-0.25, -0.2) is 13.1 Å². The number of benzene rings is 1. The van der Waals surface area contributed by atoms with E-state index in [2.05, 4.69) is 15.4 Å². The van der Waals surface area contributed by atoms with Crippen molar-refractivity contribution in [3.05, 3.63) is 35.4 Å². The molecule has 0 heterocycles. The van der Waals surface area contributed by atoms with Crippen LogP contribution in [0.15, 0.2) is 24.3 Å². The van der Waals surface area contributed by atoms with Gasteiger partial charge in [-0.1, -0.05) is 31.2 Å². The number of nitrogens with two attached hydrogens (primary N) is 2. The van der Waals surface area contributed by atoms with E-state index in [4.69, 9.17) is 16.9 Å². The molecule has 11 nitrogen and oxygen atoms in total. The molecule has 3 amide bonds. The summed E-state index contributed by atoms with van der Waals surface area (Å²) < 4.78 is 25.8. The minimum atomic E-state index is -3.62. The largest absolute Gasteiger partial charge is 0.384 e. The van der Waals surface area contributed by atoms with Crippen molar-refractivity contribution in [1.29, 1.82) is 5.41 Å². The predicted molar refractivity (Wildman–Crippen MR) is 116 cm³/mol. The summed E-state index contributed by atoms with van der Waals surface area (Å²) in [5.41, 5.74) is 11.8. The molecule has 172 valence electrons. The van der Waals surface area contributed by atoms with Crippen LogP contribution in [0.4, 0.5) is 0 Å². The Kier molecular flexibility index (Phi) is 10.1. The van der Waals surface area contributed by atoms with Crippen LogP contribution < -0.4 is 26.8 Å². The van der Waals surface area contributed by atoms with E-state index in [0.717, 1.165) is 5.56 Å². The van der Waals surface area contributed by atoms with E-state index >= 15 is 0 Å². The van der Waals surface area contributed by atoms with Gasteiger partial charge in [-0.05, 0) is 25.3 Å². The van der Waals surface area contributed by atoms with Gasteiger partial charge in [-0.15, -0.1) is 0 Å². The van der Waals surface area contributed by atoms with E-state index in [0.29, 0.717) is 5.56 Å². The molecule has 2 unspecified atom stereocenters. The van der Waals surface area contributed by atoms with Crippen LogP contribution in [0.1, 0.15) is 44.2 Å². The lowest BCUT2D eigenvalue weighted by Crippen LogP contribution is -2.53. The summed E-state index contributed by atoms with van der Waals surface area (Å²) in [7, 11) is -3.62. The molecule has 0 fully saturated rings. The zero-order chi connectivity index (χ0) is 23.6. The van der Waals surface area contributed by atoms with E-state index in [9.17, 15) is 22.8 Å². The van der Waals surface area contributed by atoms with Crippen LogP contribution in [-0.2, 0) is 31.0 Å². The third-order valence-corrected chi connectivity index (χ3v) is 5.87. The Morgan fingerprint density at radius 3 is 2.13 bits per heavy atom. The summed E-state index contributed by atoms with van der Waals surface area (Å²) in [6.07, 6.45) is 0.00795. The molecule has 2 atom stereocenters. The van der Waals surface area contributed by atoms with Gasteiger partial charge in [0.2, 0.25) is 27.7 Å². The first-order valence-corrected chi connectivity index (χ1v) is 11.4. The second kappa shape index (κ2) is 12.0. The van der Waals surface area contributed by atoms with E-state index < -0.39 is 39.8 Å². The zero-order valence-electron chi connectivity index (χ0n) is 17.6. The Labute approximate surface area is 181 Å². The van der Waals surface area contributed by atoms with Gasteiger partial charge in [0.15, 0.2) is 0 Å². The fourth-order valence-electron chi connectivity index (χ4n) is 2.56. The molecule has 8 N–H and O–H groups in total. The van der Waals surface area contributed by atoms with Crippen LogP contribution in [0.5, 0.6) is 0 Å². The normalized spacial score (nSPS) is 13.1. The van der Waals surface area contributed by atoms with Gasteiger partial charge in [-0.2, -0.15) is 0 Å². The van der Waals surface area contributed by atoms with Crippen molar-refractivity contribution in [3.8, 4) is 0 Å². The number of primary amides is 1. The van der Waals surface area contributed by atoms with Crippen molar-refractivity contribution in [2.24, 2.45) is 11.5 Å². The number of rotatable bonds is 13. The zero-order valence-corrected chi connectivity index (χ0v) is 18.4. The number of amides is 3. The monoisotopic (exact) mass is 454 g/mol. The number of hydrogen-bond acceptors (Lipinski definition) is 6. The van der Waals surface area contributed by atoms with Crippen LogP contribution >= 0.6 is 0 Å². The molecule has 1 aromatic carbocycles. The maximum absolute atomic E-state index is 12.6. The smallest absolute Gasteiger partial charge is 0.242 e. The third-order valence-electron chi connectivity index (χ3n) is 4.47. The topological polar surface area (TPSA) is 197 Å². The summed E-state index contributed by atoms with van der Waals surface area (Å²) in [4.78, 5) is 36.3. The lowest BCUT2D eigenvalue weighted by Gasteiger charge is -2.22. The van der Waals surface area contributed by atoms with Crippen molar-refractivity contribution in [2.45, 2.75) is 51.7 Å². The number of carbonyl (C=O) groups excluding carboxylic acids is 3. The first-order chi connectivity index (χ1) is 14.5. The first-order valence-electron chi connectivity index (χ1n) is 9.78. The molecule has 31 heavy (non-hydrogen) atoms. The van der Waals surface area contributed by atoms with Crippen molar-refractivity contribution in [1.82, 2.24) is 15.4 Å². The second-order valence-corrected chi connectivity index (χ2v) is 8.92. The number of sulfonamides is 1. The third kappa shape index (κ3) is 9.13. The van der Waals surface area contributed by atoms with E-state index in [-0.39, 0.29) is 37.4 Å². The quantitative estimate of drug-likeness (QED) is 0.164. The van der Waals surface area contributed by atoms with Gasteiger partial charge in [0, 0.05) is 18.5 Å². The molecule has 1 rings (SSSR count). The maximum Gasteiger partial charge on any atom is 0.242 e. The fraction of sp³-hybridized carbons (Fsp3) is 0.474. The first kappa shape index (κ1) is 26.0. The Bertz CT molecular complexity index is 901. The average molecular weight is 455 g/mol. The minimum Gasteiger partial charge on any atom is -0.384 e. The summed E-state index contributed by atoms with van der Waals surface area (Å²) in [6, 6.07) is 4.55. The number of nitrogens with one attached hydrogen (secondary N) is 4. The van der Waals surface area contributed by atoms with Gasteiger partial charge in [0.25, 0.3) is 0 Å². The highest BCUT2D eigenvalue weighted by Gasteiger charge is 2.27. The van der Waals surface area contributed by atoms with Crippen LogP contribution in [0.25, 0.3) is 0 Å². The van der Waals surface area contributed by atoms with Crippen molar-refractivity contribution < 1.29 is 22.8 Å². The molecule has 1 aromatic rings. The molecule has 0 aliphatic carbocycles. The molecule has 0 aromatic heterocycles. The SMILES string of the molecule is CCC(NS(=O)(=O)CC)C(=O)NC(CCC(N)=O)C(=O)NCc1ccc(C(=N)N)cc1. The standard InChI is InChI=1S/C19H30N6O5S/c1-3-14(25-31(29,30)4-2)19(28)24-15(9-10-16(20)26)18(27)23-11-12-5-7-13(8-6-12)17(21)22/h5-8,14-15,25H,3-4,9-11H2,1-2H3,(H2,20,26)(H3,21,22)(H,23,27)(H,24,28). The highest BCUT2D eigenvalue weighted by atomic mass is 32.2. The van der Waals surface area contributed by atoms with Gasteiger partial charge in [-0.3, -0.25) is 19.8 Å². The number of amidine groups is 1. The fourth-order valence-corrected chi connectivity index (χ4v) is 3.44. The molecule has 12 heteroatoms. The van der Waals surface area contributed by atoms with Gasteiger partial charge >= 0.3 is 0 Å². The Morgan fingerprint density at radius 1 is 1.03 bits per heavy atom. The van der Waals surface area contributed by atoms with Crippen LogP contribution in [0.2, 0.25) is 0 Å². The second-order valence-electron chi connectivity index (χ2n) is 6.88. The molecule has 0 bridgehead atoms. The lowest BCUT2D eigenvalue weighted by molar-refractivity contribution is -0.130. The maximum atomic E-state index is 12.6. The van der Waals surface area contributed by atoms with Crippen molar-refractivity contribution in [2.75, 3.05) is 5.75 Å². The highest BCUT2D eigenvalue weighted by molar-refractivity contribution is 7.89. The molecular weight excluding hydrogens is 424 g/mol. The Balaban J connectivity index is 2.83. The molecule has 0 spiro atoms. The van der Waals surface area contributed by atoms with Crippen LogP contribution in [-0.4, -0.2) is 49.8 Å². The summed E-state index contributed by atoms with van der Waals surface area (Å²) in [6.45, 7) is 3.21. The lowest BCUT2D eigenvalue weighted by atomic mass is 10.1.